The molecule has 1 aliphatic rings. The number of rotatable bonds is 8. The lowest BCUT2D eigenvalue weighted by molar-refractivity contribution is -0.121. The number of nitrogens with one attached hydrogen (secondary N) is 1. The fourth-order valence-corrected chi connectivity index (χ4v) is 4.74. The Morgan fingerprint density at radius 1 is 1.38 bits per heavy atom. The predicted octanol–water partition coefficient (Wildman–Crippen LogP) is 3.62. The Morgan fingerprint density at radius 3 is 2.94 bits per heavy atom. The van der Waals surface area contributed by atoms with Gasteiger partial charge < -0.3 is 5.32 Å². The van der Waals surface area contributed by atoms with Gasteiger partial charge in [-0.05, 0) is 25.7 Å². The zero-order chi connectivity index (χ0) is 11.6. The van der Waals surface area contributed by atoms with Gasteiger partial charge in [-0.3, -0.25) is 4.79 Å². The van der Waals surface area contributed by atoms with Crippen molar-refractivity contribution < 1.29 is 4.79 Å². The molecule has 1 atom stereocenters. The van der Waals surface area contributed by atoms with E-state index >= 15 is 0 Å². The summed E-state index contributed by atoms with van der Waals surface area (Å²) >= 11 is 0. The van der Waals surface area contributed by atoms with Crippen molar-refractivity contribution in [3.05, 3.63) is 0 Å². The monoisotopic (exact) mass is 261 g/mol. The van der Waals surface area contributed by atoms with E-state index in [0.717, 1.165) is 31.1 Å². The van der Waals surface area contributed by atoms with E-state index in [1.165, 1.54) is 25.0 Å². The molecule has 1 heterocycles. The van der Waals surface area contributed by atoms with Crippen LogP contribution in [0.3, 0.4) is 0 Å². The molecule has 1 aliphatic heterocycles. The molecular formula is C12H23NOS2. The van der Waals surface area contributed by atoms with E-state index in [1.54, 1.807) is 0 Å². The number of carbonyl (C=O) groups is 1. The maximum atomic E-state index is 11.4. The highest BCUT2D eigenvalue weighted by Crippen LogP contribution is 2.39. The second kappa shape index (κ2) is 9.23. The molecule has 0 unspecified atom stereocenters. The van der Waals surface area contributed by atoms with Crippen LogP contribution in [0.5, 0.6) is 0 Å². The van der Waals surface area contributed by atoms with Crippen molar-refractivity contribution >= 4 is 27.5 Å². The number of hydrogen-bond donors (Lipinski definition) is 1. The second-order valence-corrected chi connectivity index (χ2v) is 7.07. The van der Waals surface area contributed by atoms with Crippen molar-refractivity contribution in [3.63, 3.8) is 0 Å². The van der Waals surface area contributed by atoms with E-state index in [-0.39, 0.29) is 5.91 Å². The van der Waals surface area contributed by atoms with Crippen LogP contribution < -0.4 is 5.32 Å². The Labute approximate surface area is 107 Å². The Hall–Kier alpha value is 0.170. The lowest BCUT2D eigenvalue weighted by Crippen LogP contribution is -2.23. The molecule has 4 heteroatoms. The quantitative estimate of drug-likeness (QED) is 0.534. The molecule has 0 bridgehead atoms. The predicted molar refractivity (Wildman–Crippen MR) is 74.8 cm³/mol. The number of hydrogen-bond acceptors (Lipinski definition) is 3. The first-order valence-electron chi connectivity index (χ1n) is 6.38. The number of carbonyl (C=O) groups excluding carboxylic acids is 1. The standard InChI is InChI=1S/C12H23NOS2/c1-2-3-9-13-12(14)7-5-4-6-11-8-10-15-16-11/h11H,2-10H2,1H3,(H,13,14)/t11-/m1/s1. The van der Waals surface area contributed by atoms with E-state index in [0.29, 0.717) is 6.42 Å². The highest BCUT2D eigenvalue weighted by molar-refractivity contribution is 8.77. The smallest absolute Gasteiger partial charge is 0.219 e. The number of unbranched alkanes of at least 4 members (excludes halogenated alkanes) is 2. The summed E-state index contributed by atoms with van der Waals surface area (Å²) in [6.45, 7) is 2.99. The summed E-state index contributed by atoms with van der Waals surface area (Å²) in [4.78, 5) is 11.4. The highest BCUT2D eigenvalue weighted by Gasteiger charge is 2.15. The zero-order valence-corrected chi connectivity index (χ0v) is 11.8. The normalized spacial score (nSPS) is 19.9. The van der Waals surface area contributed by atoms with Gasteiger partial charge in [-0.2, -0.15) is 0 Å². The van der Waals surface area contributed by atoms with Gasteiger partial charge in [0.15, 0.2) is 0 Å². The van der Waals surface area contributed by atoms with Crippen molar-refractivity contribution in [2.75, 3.05) is 12.3 Å². The Kier molecular flexibility index (Phi) is 8.21. The van der Waals surface area contributed by atoms with Gasteiger partial charge in [-0.1, -0.05) is 41.4 Å². The average molecular weight is 261 g/mol. The van der Waals surface area contributed by atoms with Crippen LogP contribution in [0.1, 0.15) is 51.9 Å². The average Bonchev–Trinajstić information content (AvgIpc) is 2.78. The minimum Gasteiger partial charge on any atom is -0.356 e. The third kappa shape index (κ3) is 6.69. The van der Waals surface area contributed by atoms with E-state index in [9.17, 15) is 4.79 Å². The van der Waals surface area contributed by atoms with Crippen molar-refractivity contribution in [1.82, 2.24) is 5.32 Å². The van der Waals surface area contributed by atoms with Gasteiger partial charge in [0.2, 0.25) is 5.91 Å². The third-order valence-electron chi connectivity index (χ3n) is 2.76. The molecule has 0 radical (unpaired) electrons. The molecular weight excluding hydrogens is 238 g/mol. The van der Waals surface area contributed by atoms with Crippen LogP contribution in [0.15, 0.2) is 0 Å². The largest absolute Gasteiger partial charge is 0.356 e. The molecule has 1 amide bonds. The Bertz CT molecular complexity index is 193. The molecule has 0 saturated carbocycles. The maximum absolute atomic E-state index is 11.4. The van der Waals surface area contributed by atoms with Crippen molar-refractivity contribution in [2.45, 2.75) is 57.1 Å². The van der Waals surface area contributed by atoms with Crippen LogP contribution in [0, 0.1) is 0 Å². The summed E-state index contributed by atoms with van der Waals surface area (Å²) in [5.41, 5.74) is 0. The van der Waals surface area contributed by atoms with Crippen LogP contribution in [0.4, 0.5) is 0 Å². The molecule has 0 aromatic heterocycles. The molecule has 0 aromatic rings. The van der Waals surface area contributed by atoms with Crippen LogP contribution in [-0.4, -0.2) is 23.5 Å². The zero-order valence-electron chi connectivity index (χ0n) is 10.2. The summed E-state index contributed by atoms with van der Waals surface area (Å²) < 4.78 is 0. The first kappa shape index (κ1) is 14.2. The molecule has 0 aliphatic carbocycles. The van der Waals surface area contributed by atoms with Crippen LogP contribution in [-0.2, 0) is 4.79 Å². The fraction of sp³-hybridized carbons (Fsp3) is 0.917. The first-order chi connectivity index (χ1) is 7.83. The van der Waals surface area contributed by atoms with E-state index in [4.69, 9.17) is 0 Å². The maximum Gasteiger partial charge on any atom is 0.219 e. The fourth-order valence-electron chi connectivity index (χ4n) is 1.71. The van der Waals surface area contributed by atoms with Crippen LogP contribution >= 0.6 is 21.6 Å². The lowest BCUT2D eigenvalue weighted by Gasteiger charge is -2.07. The van der Waals surface area contributed by atoms with Gasteiger partial charge in [-0.25, -0.2) is 0 Å². The van der Waals surface area contributed by atoms with Crippen molar-refractivity contribution in [1.29, 1.82) is 0 Å². The number of amides is 1. The van der Waals surface area contributed by atoms with Crippen LogP contribution in [0.2, 0.25) is 0 Å². The van der Waals surface area contributed by atoms with Gasteiger partial charge in [0.05, 0.1) is 0 Å². The molecule has 2 nitrogen and oxygen atoms in total. The summed E-state index contributed by atoms with van der Waals surface area (Å²) in [6, 6.07) is 0. The minimum atomic E-state index is 0.238. The van der Waals surface area contributed by atoms with Gasteiger partial charge in [0.1, 0.15) is 0 Å². The Balaban J connectivity index is 1.87. The van der Waals surface area contributed by atoms with E-state index in [1.807, 2.05) is 21.6 Å². The summed E-state index contributed by atoms with van der Waals surface area (Å²) in [7, 11) is 4.03. The van der Waals surface area contributed by atoms with Gasteiger partial charge >= 0.3 is 0 Å². The van der Waals surface area contributed by atoms with Gasteiger partial charge in [0, 0.05) is 24.0 Å². The summed E-state index contributed by atoms with van der Waals surface area (Å²) in [5, 5.41) is 3.82. The molecule has 0 spiro atoms. The van der Waals surface area contributed by atoms with E-state index in [2.05, 4.69) is 12.2 Å². The molecule has 1 saturated heterocycles. The third-order valence-corrected chi connectivity index (χ3v) is 5.77. The summed E-state index contributed by atoms with van der Waals surface area (Å²) in [6.07, 6.45) is 7.88. The molecule has 0 aromatic carbocycles. The topological polar surface area (TPSA) is 29.1 Å². The van der Waals surface area contributed by atoms with E-state index < -0.39 is 0 Å². The lowest BCUT2D eigenvalue weighted by atomic mass is 10.1. The summed E-state index contributed by atoms with van der Waals surface area (Å²) in [5.74, 6) is 1.55. The first-order valence-corrected chi connectivity index (χ1v) is 8.76. The molecule has 94 valence electrons. The van der Waals surface area contributed by atoms with Crippen molar-refractivity contribution in [2.24, 2.45) is 0 Å². The molecule has 1 fully saturated rings. The minimum absolute atomic E-state index is 0.238. The molecule has 16 heavy (non-hydrogen) atoms. The Morgan fingerprint density at radius 2 is 2.25 bits per heavy atom. The molecule has 1 rings (SSSR count). The highest BCUT2D eigenvalue weighted by atomic mass is 33.1. The second-order valence-electron chi connectivity index (χ2n) is 4.28. The molecule has 1 N–H and O–H groups in total. The SMILES string of the molecule is CCCCNC(=O)CCCC[C@@H]1CCSS1. The van der Waals surface area contributed by atoms with Crippen LogP contribution in [0.25, 0.3) is 0 Å². The van der Waals surface area contributed by atoms with Gasteiger partial charge in [-0.15, -0.1) is 0 Å². The van der Waals surface area contributed by atoms with Crippen molar-refractivity contribution in [3.8, 4) is 0 Å². The van der Waals surface area contributed by atoms with Gasteiger partial charge in [0.25, 0.3) is 0 Å².